The summed E-state index contributed by atoms with van der Waals surface area (Å²) in [7, 11) is 0. The van der Waals surface area contributed by atoms with E-state index in [-0.39, 0.29) is 5.91 Å². The number of benzene rings is 2. The third kappa shape index (κ3) is 4.46. The molecule has 106 valence electrons. The Morgan fingerprint density at radius 3 is 2.62 bits per heavy atom. The maximum Gasteiger partial charge on any atom is 0.265 e. The Morgan fingerprint density at radius 1 is 1.29 bits per heavy atom. The van der Waals surface area contributed by atoms with E-state index >= 15 is 0 Å². The van der Waals surface area contributed by atoms with Crippen LogP contribution >= 0.6 is 22.6 Å². The van der Waals surface area contributed by atoms with Gasteiger partial charge in [-0.3, -0.25) is 4.79 Å². The lowest BCUT2D eigenvalue weighted by molar-refractivity contribution is -0.122. The number of rotatable bonds is 4. The van der Waals surface area contributed by atoms with Crippen molar-refractivity contribution in [2.45, 2.75) is 13.0 Å². The van der Waals surface area contributed by atoms with Gasteiger partial charge in [0.05, 0.1) is 11.6 Å². The summed E-state index contributed by atoms with van der Waals surface area (Å²) in [5, 5.41) is 11.5. The Bertz CT molecular complexity index is 677. The van der Waals surface area contributed by atoms with Crippen LogP contribution in [0.15, 0.2) is 48.5 Å². The molecule has 4 nitrogen and oxygen atoms in total. The second-order valence-corrected chi connectivity index (χ2v) is 5.64. The number of amides is 1. The smallest absolute Gasteiger partial charge is 0.265 e. The van der Waals surface area contributed by atoms with Crippen molar-refractivity contribution in [2.24, 2.45) is 0 Å². The molecule has 0 aromatic heterocycles. The standard InChI is InChI=1S/C16H13IN2O2/c1-11(21-15-7-5-12(10-18)6-8-15)16(20)19-14-4-2-3-13(17)9-14/h2-9,11H,1H3,(H,19,20). The zero-order chi connectivity index (χ0) is 15.2. The van der Waals surface area contributed by atoms with E-state index in [9.17, 15) is 4.79 Å². The molecular weight excluding hydrogens is 379 g/mol. The Kier molecular flexibility index (Phi) is 5.17. The predicted octanol–water partition coefficient (Wildman–Crippen LogP) is 3.57. The van der Waals surface area contributed by atoms with Gasteiger partial charge < -0.3 is 10.1 Å². The number of ether oxygens (including phenoxy) is 1. The second-order valence-electron chi connectivity index (χ2n) is 4.40. The van der Waals surface area contributed by atoms with Crippen LogP contribution in [-0.4, -0.2) is 12.0 Å². The summed E-state index contributed by atoms with van der Waals surface area (Å²) >= 11 is 2.19. The van der Waals surface area contributed by atoms with Crippen LogP contribution in [0.4, 0.5) is 5.69 Å². The Morgan fingerprint density at radius 2 is 2.00 bits per heavy atom. The van der Waals surface area contributed by atoms with Crippen LogP contribution in [0.2, 0.25) is 0 Å². The highest BCUT2D eigenvalue weighted by molar-refractivity contribution is 14.1. The Labute approximate surface area is 136 Å². The van der Waals surface area contributed by atoms with E-state index in [0.29, 0.717) is 11.3 Å². The monoisotopic (exact) mass is 392 g/mol. The fourth-order valence-electron chi connectivity index (χ4n) is 1.68. The molecule has 5 heteroatoms. The number of nitrogens with one attached hydrogen (secondary N) is 1. The molecule has 0 fully saturated rings. The molecule has 0 aliphatic carbocycles. The number of nitriles is 1. The molecule has 0 saturated heterocycles. The quantitative estimate of drug-likeness (QED) is 0.810. The number of anilines is 1. The molecule has 2 rings (SSSR count). The van der Waals surface area contributed by atoms with Crippen molar-refractivity contribution in [3.63, 3.8) is 0 Å². The zero-order valence-electron chi connectivity index (χ0n) is 11.3. The average Bonchev–Trinajstić information content (AvgIpc) is 2.48. The minimum Gasteiger partial charge on any atom is -0.481 e. The van der Waals surface area contributed by atoms with Crippen molar-refractivity contribution in [1.82, 2.24) is 0 Å². The van der Waals surface area contributed by atoms with Gasteiger partial charge in [0.1, 0.15) is 5.75 Å². The molecule has 0 spiro atoms. The van der Waals surface area contributed by atoms with E-state index in [1.807, 2.05) is 30.3 Å². The van der Waals surface area contributed by atoms with Crippen LogP contribution < -0.4 is 10.1 Å². The van der Waals surface area contributed by atoms with E-state index in [1.165, 1.54) is 0 Å². The molecule has 1 amide bonds. The van der Waals surface area contributed by atoms with Crippen LogP contribution in [-0.2, 0) is 4.79 Å². The molecule has 0 radical (unpaired) electrons. The highest BCUT2D eigenvalue weighted by Gasteiger charge is 2.14. The maximum atomic E-state index is 12.1. The van der Waals surface area contributed by atoms with Gasteiger partial charge in [0, 0.05) is 9.26 Å². The highest BCUT2D eigenvalue weighted by Crippen LogP contribution is 2.16. The number of halogens is 1. The molecule has 0 aliphatic heterocycles. The van der Waals surface area contributed by atoms with Gasteiger partial charge in [0.25, 0.3) is 5.91 Å². The van der Waals surface area contributed by atoms with Crippen LogP contribution in [0, 0.1) is 14.9 Å². The van der Waals surface area contributed by atoms with Crippen molar-refractivity contribution >= 4 is 34.2 Å². The lowest BCUT2D eigenvalue weighted by atomic mass is 10.2. The summed E-state index contributed by atoms with van der Waals surface area (Å²) in [6.07, 6.45) is -0.629. The maximum absolute atomic E-state index is 12.1. The van der Waals surface area contributed by atoms with Crippen LogP contribution in [0.5, 0.6) is 5.75 Å². The number of hydrogen-bond acceptors (Lipinski definition) is 3. The van der Waals surface area contributed by atoms with Gasteiger partial charge in [-0.2, -0.15) is 5.26 Å². The van der Waals surface area contributed by atoms with Gasteiger partial charge in [-0.25, -0.2) is 0 Å². The molecule has 1 N–H and O–H groups in total. The summed E-state index contributed by atoms with van der Waals surface area (Å²) in [4.78, 5) is 12.1. The van der Waals surface area contributed by atoms with E-state index < -0.39 is 6.10 Å². The number of carbonyl (C=O) groups is 1. The van der Waals surface area contributed by atoms with Crippen molar-refractivity contribution in [3.05, 3.63) is 57.7 Å². The van der Waals surface area contributed by atoms with Crippen LogP contribution in [0.3, 0.4) is 0 Å². The third-order valence-corrected chi connectivity index (χ3v) is 3.43. The van der Waals surface area contributed by atoms with Crippen molar-refractivity contribution in [3.8, 4) is 11.8 Å². The van der Waals surface area contributed by atoms with Gasteiger partial charge in [-0.1, -0.05) is 6.07 Å². The molecular formula is C16H13IN2O2. The van der Waals surface area contributed by atoms with Crippen molar-refractivity contribution < 1.29 is 9.53 Å². The van der Waals surface area contributed by atoms with Gasteiger partial charge in [-0.05, 0) is 72.0 Å². The normalized spacial score (nSPS) is 11.3. The number of carbonyl (C=O) groups excluding carboxylic acids is 1. The van der Waals surface area contributed by atoms with Crippen molar-refractivity contribution in [2.75, 3.05) is 5.32 Å². The molecule has 1 atom stereocenters. The molecule has 0 bridgehead atoms. The first-order chi connectivity index (χ1) is 10.1. The first-order valence-corrected chi connectivity index (χ1v) is 7.39. The molecule has 2 aromatic carbocycles. The Hall–Kier alpha value is -2.07. The first-order valence-electron chi connectivity index (χ1n) is 6.32. The number of hydrogen-bond donors (Lipinski definition) is 1. The average molecular weight is 392 g/mol. The molecule has 0 heterocycles. The van der Waals surface area contributed by atoms with Crippen molar-refractivity contribution in [1.29, 1.82) is 5.26 Å². The summed E-state index contributed by atoms with van der Waals surface area (Å²) < 4.78 is 6.60. The topological polar surface area (TPSA) is 62.1 Å². The molecule has 2 aromatic rings. The van der Waals surface area contributed by atoms with Crippen LogP contribution in [0.25, 0.3) is 0 Å². The van der Waals surface area contributed by atoms with Gasteiger partial charge in [0.2, 0.25) is 0 Å². The molecule has 0 saturated carbocycles. The molecule has 1 unspecified atom stereocenters. The van der Waals surface area contributed by atoms with Crippen LogP contribution in [0.1, 0.15) is 12.5 Å². The van der Waals surface area contributed by atoms with E-state index in [4.69, 9.17) is 10.00 Å². The minimum absolute atomic E-state index is 0.221. The third-order valence-electron chi connectivity index (χ3n) is 2.76. The lowest BCUT2D eigenvalue weighted by Gasteiger charge is -2.14. The van der Waals surface area contributed by atoms with Gasteiger partial charge >= 0.3 is 0 Å². The zero-order valence-corrected chi connectivity index (χ0v) is 13.5. The number of nitrogens with zero attached hydrogens (tertiary/aromatic N) is 1. The van der Waals surface area contributed by atoms with Gasteiger partial charge in [0.15, 0.2) is 6.10 Å². The van der Waals surface area contributed by atoms with Gasteiger partial charge in [-0.15, -0.1) is 0 Å². The Balaban J connectivity index is 1.97. The summed E-state index contributed by atoms with van der Waals surface area (Å²) in [6.45, 7) is 1.68. The highest BCUT2D eigenvalue weighted by atomic mass is 127. The first kappa shape index (κ1) is 15.3. The summed E-state index contributed by atoms with van der Waals surface area (Å²) in [5.74, 6) is 0.334. The van der Waals surface area contributed by atoms with E-state index in [2.05, 4.69) is 27.9 Å². The second kappa shape index (κ2) is 7.09. The predicted molar refractivity (Wildman–Crippen MR) is 89.0 cm³/mol. The summed E-state index contributed by atoms with van der Waals surface area (Å²) in [5.41, 5.74) is 1.29. The largest absolute Gasteiger partial charge is 0.481 e. The molecule has 0 aliphatic rings. The SMILES string of the molecule is CC(Oc1ccc(C#N)cc1)C(=O)Nc1cccc(I)c1. The fraction of sp³-hybridized carbons (Fsp3) is 0.125. The van der Waals surface area contributed by atoms with E-state index in [0.717, 1.165) is 9.26 Å². The minimum atomic E-state index is -0.629. The fourth-order valence-corrected chi connectivity index (χ4v) is 2.22. The summed E-state index contributed by atoms with van der Waals surface area (Å²) in [6, 6.07) is 16.2. The van der Waals surface area contributed by atoms with E-state index in [1.54, 1.807) is 31.2 Å². The lowest BCUT2D eigenvalue weighted by Crippen LogP contribution is -2.30. The molecule has 21 heavy (non-hydrogen) atoms.